The molecule has 2 heterocycles. The Hall–Kier alpha value is -2.42. The Morgan fingerprint density at radius 1 is 1.22 bits per heavy atom. The number of ether oxygens (including phenoxy) is 1. The standard InChI is InChI=1S/C18H21N3O5S/c1-26-15(23)13-10-5-4-6-11(10)27-14(13)19-12(22)9-21-16(24)18(20-17(21)25)7-2-3-8-18/h2-9H2,1H3,(H,19,22)(H,20,25). The maximum absolute atomic E-state index is 12.7. The van der Waals surface area contributed by atoms with E-state index in [0.717, 1.165) is 47.4 Å². The lowest BCUT2D eigenvalue weighted by molar-refractivity contribution is -0.133. The van der Waals surface area contributed by atoms with Gasteiger partial charge in [0.1, 0.15) is 17.1 Å². The van der Waals surface area contributed by atoms with E-state index >= 15 is 0 Å². The third kappa shape index (κ3) is 2.90. The second-order valence-electron chi connectivity index (χ2n) is 7.21. The third-order valence-corrected chi connectivity index (χ3v) is 6.78. The molecule has 0 aromatic carbocycles. The molecule has 1 aromatic heterocycles. The number of esters is 1. The van der Waals surface area contributed by atoms with Crippen LogP contribution in [0.25, 0.3) is 0 Å². The summed E-state index contributed by atoms with van der Waals surface area (Å²) in [5.74, 6) is -1.31. The van der Waals surface area contributed by atoms with Crippen LogP contribution in [0.2, 0.25) is 0 Å². The smallest absolute Gasteiger partial charge is 0.341 e. The van der Waals surface area contributed by atoms with Crippen molar-refractivity contribution in [3.8, 4) is 0 Å². The second kappa shape index (κ2) is 6.63. The number of hydrogen-bond donors (Lipinski definition) is 2. The minimum absolute atomic E-state index is 0.331. The summed E-state index contributed by atoms with van der Waals surface area (Å²) in [5, 5.41) is 5.89. The molecule has 1 saturated heterocycles. The highest BCUT2D eigenvalue weighted by Gasteiger charge is 2.52. The first-order valence-electron chi connectivity index (χ1n) is 9.12. The summed E-state index contributed by atoms with van der Waals surface area (Å²) >= 11 is 1.36. The van der Waals surface area contributed by atoms with Crippen LogP contribution in [-0.4, -0.2) is 47.9 Å². The summed E-state index contributed by atoms with van der Waals surface area (Å²) in [6.45, 7) is -0.365. The minimum Gasteiger partial charge on any atom is -0.465 e. The molecule has 1 saturated carbocycles. The predicted octanol–water partition coefficient (Wildman–Crippen LogP) is 1.83. The Labute approximate surface area is 160 Å². The first-order chi connectivity index (χ1) is 12.9. The quantitative estimate of drug-likeness (QED) is 0.602. The van der Waals surface area contributed by atoms with E-state index < -0.39 is 23.4 Å². The van der Waals surface area contributed by atoms with Gasteiger partial charge in [-0.15, -0.1) is 11.3 Å². The Balaban J connectivity index is 1.50. The zero-order valence-electron chi connectivity index (χ0n) is 15.1. The van der Waals surface area contributed by atoms with Crippen LogP contribution in [0.4, 0.5) is 9.80 Å². The van der Waals surface area contributed by atoms with Crippen LogP contribution >= 0.6 is 11.3 Å². The fourth-order valence-electron chi connectivity index (χ4n) is 4.26. The first kappa shape index (κ1) is 18.0. The number of nitrogens with zero attached hydrogens (tertiary/aromatic N) is 1. The van der Waals surface area contributed by atoms with Gasteiger partial charge >= 0.3 is 12.0 Å². The van der Waals surface area contributed by atoms with Gasteiger partial charge in [-0.2, -0.15) is 0 Å². The van der Waals surface area contributed by atoms with Crippen molar-refractivity contribution in [1.29, 1.82) is 0 Å². The van der Waals surface area contributed by atoms with Gasteiger partial charge in [-0.3, -0.25) is 14.5 Å². The number of carbonyl (C=O) groups is 4. The van der Waals surface area contributed by atoms with Crippen LogP contribution in [0, 0.1) is 0 Å². The molecule has 1 spiro atoms. The third-order valence-electron chi connectivity index (χ3n) is 5.57. The van der Waals surface area contributed by atoms with Crippen LogP contribution in [0.3, 0.4) is 0 Å². The lowest BCUT2D eigenvalue weighted by Crippen LogP contribution is -2.44. The molecule has 144 valence electrons. The molecule has 3 aliphatic rings. The molecule has 9 heteroatoms. The lowest BCUT2D eigenvalue weighted by atomic mass is 9.98. The van der Waals surface area contributed by atoms with Crippen molar-refractivity contribution in [1.82, 2.24) is 10.2 Å². The van der Waals surface area contributed by atoms with Crippen LogP contribution in [-0.2, 0) is 27.2 Å². The number of methoxy groups -OCH3 is 1. The average molecular weight is 391 g/mol. The topological polar surface area (TPSA) is 105 Å². The van der Waals surface area contributed by atoms with E-state index in [1.807, 2.05) is 0 Å². The molecular formula is C18H21N3O5S. The maximum Gasteiger partial charge on any atom is 0.341 e. The molecule has 4 amide bonds. The van der Waals surface area contributed by atoms with E-state index in [9.17, 15) is 19.2 Å². The molecule has 0 radical (unpaired) electrons. The van der Waals surface area contributed by atoms with Gasteiger partial charge < -0.3 is 15.4 Å². The first-order valence-corrected chi connectivity index (χ1v) is 9.93. The summed E-state index contributed by atoms with van der Waals surface area (Å²) in [4.78, 5) is 51.6. The maximum atomic E-state index is 12.7. The van der Waals surface area contributed by atoms with Crippen molar-refractivity contribution in [2.24, 2.45) is 0 Å². The van der Waals surface area contributed by atoms with E-state index in [0.29, 0.717) is 23.4 Å². The molecule has 0 atom stereocenters. The van der Waals surface area contributed by atoms with Gasteiger partial charge in [0.25, 0.3) is 5.91 Å². The van der Waals surface area contributed by atoms with E-state index in [4.69, 9.17) is 4.74 Å². The fourth-order valence-corrected chi connectivity index (χ4v) is 5.55. The Kier molecular flexibility index (Phi) is 4.41. The highest BCUT2D eigenvalue weighted by atomic mass is 32.1. The van der Waals surface area contributed by atoms with Gasteiger partial charge in [0.2, 0.25) is 5.91 Å². The molecular weight excluding hydrogens is 370 g/mol. The average Bonchev–Trinajstić information content (AvgIpc) is 3.37. The molecule has 2 fully saturated rings. The van der Waals surface area contributed by atoms with Gasteiger partial charge in [-0.25, -0.2) is 9.59 Å². The Morgan fingerprint density at radius 2 is 1.96 bits per heavy atom. The fraction of sp³-hybridized carbons (Fsp3) is 0.556. The zero-order valence-corrected chi connectivity index (χ0v) is 15.9. The highest BCUT2D eigenvalue weighted by Crippen LogP contribution is 2.39. The van der Waals surface area contributed by atoms with Crippen LogP contribution in [0.15, 0.2) is 0 Å². The summed E-state index contributed by atoms with van der Waals surface area (Å²) in [5.41, 5.74) is 0.494. The van der Waals surface area contributed by atoms with Crippen molar-refractivity contribution in [2.75, 3.05) is 19.0 Å². The number of hydrogen-bond acceptors (Lipinski definition) is 6. The largest absolute Gasteiger partial charge is 0.465 e. The Morgan fingerprint density at radius 3 is 2.67 bits per heavy atom. The van der Waals surface area contributed by atoms with Gasteiger partial charge in [0, 0.05) is 4.88 Å². The molecule has 0 bridgehead atoms. The SMILES string of the molecule is COC(=O)c1c(NC(=O)CN2C(=O)NC3(CCCC3)C2=O)sc2c1CCC2. The van der Waals surface area contributed by atoms with E-state index in [1.165, 1.54) is 18.4 Å². The number of fused-ring (bicyclic) bond motifs is 1. The molecule has 0 unspecified atom stereocenters. The number of carbonyl (C=O) groups excluding carboxylic acids is 4. The molecule has 1 aliphatic heterocycles. The number of nitrogens with one attached hydrogen (secondary N) is 2. The van der Waals surface area contributed by atoms with Gasteiger partial charge in [0.15, 0.2) is 0 Å². The zero-order chi connectivity index (χ0) is 19.2. The van der Waals surface area contributed by atoms with Gasteiger partial charge in [-0.05, 0) is 37.7 Å². The molecule has 8 nitrogen and oxygen atoms in total. The van der Waals surface area contributed by atoms with Crippen molar-refractivity contribution >= 4 is 40.2 Å². The van der Waals surface area contributed by atoms with E-state index in [-0.39, 0.29) is 12.5 Å². The summed E-state index contributed by atoms with van der Waals surface area (Å²) < 4.78 is 4.86. The number of urea groups is 1. The monoisotopic (exact) mass is 391 g/mol. The van der Waals surface area contributed by atoms with Crippen LogP contribution < -0.4 is 10.6 Å². The van der Waals surface area contributed by atoms with Gasteiger partial charge in [-0.1, -0.05) is 12.8 Å². The van der Waals surface area contributed by atoms with Gasteiger partial charge in [0.05, 0.1) is 12.7 Å². The summed E-state index contributed by atoms with van der Waals surface area (Å²) in [7, 11) is 1.31. The molecule has 2 N–H and O–H groups in total. The highest BCUT2D eigenvalue weighted by molar-refractivity contribution is 7.17. The van der Waals surface area contributed by atoms with Crippen LogP contribution in [0.5, 0.6) is 0 Å². The van der Waals surface area contributed by atoms with Crippen LogP contribution in [0.1, 0.15) is 52.9 Å². The molecule has 2 aliphatic carbocycles. The van der Waals surface area contributed by atoms with Crippen molar-refractivity contribution in [2.45, 2.75) is 50.5 Å². The van der Waals surface area contributed by atoms with Crippen molar-refractivity contribution < 1.29 is 23.9 Å². The Bertz CT molecular complexity index is 840. The summed E-state index contributed by atoms with van der Waals surface area (Å²) in [6, 6.07) is -0.529. The molecule has 4 rings (SSSR count). The number of anilines is 1. The molecule has 27 heavy (non-hydrogen) atoms. The van der Waals surface area contributed by atoms with E-state index in [1.54, 1.807) is 0 Å². The number of amides is 4. The number of aryl methyl sites for hydroxylation is 1. The van der Waals surface area contributed by atoms with Crippen molar-refractivity contribution in [3.05, 3.63) is 16.0 Å². The predicted molar refractivity (Wildman–Crippen MR) is 97.8 cm³/mol. The minimum atomic E-state index is -0.835. The lowest BCUT2D eigenvalue weighted by Gasteiger charge is -2.19. The van der Waals surface area contributed by atoms with Crippen molar-refractivity contribution in [3.63, 3.8) is 0 Å². The molecule has 1 aromatic rings. The number of rotatable bonds is 4. The second-order valence-corrected chi connectivity index (χ2v) is 8.32. The normalized spacial score (nSPS) is 20.1. The number of thiophene rings is 1. The summed E-state index contributed by atoms with van der Waals surface area (Å²) in [6.07, 6.45) is 5.62. The number of imide groups is 1. The van der Waals surface area contributed by atoms with E-state index in [2.05, 4.69) is 10.6 Å².